The highest BCUT2D eigenvalue weighted by Crippen LogP contribution is 2.20. The third kappa shape index (κ3) is 2.14. The number of rotatable bonds is 2. The van der Waals surface area contributed by atoms with Crippen LogP contribution in [0.1, 0.15) is 22.1 Å². The predicted octanol–water partition coefficient (Wildman–Crippen LogP) is 2.09. The number of hydrogen-bond acceptors (Lipinski definition) is 5. The molecular weight excluding hydrogens is 258 g/mol. The van der Waals surface area contributed by atoms with Gasteiger partial charge >= 0.3 is 0 Å². The molecule has 7 heteroatoms. The molecule has 5 nitrogen and oxygen atoms in total. The molecule has 2 rings (SSSR count). The molecule has 84 valence electrons. The van der Waals surface area contributed by atoms with E-state index in [0.29, 0.717) is 16.8 Å². The van der Waals surface area contributed by atoms with Crippen LogP contribution in [0.4, 0.5) is 0 Å². The van der Waals surface area contributed by atoms with Crippen molar-refractivity contribution < 1.29 is 0 Å². The molecule has 0 aliphatic rings. The van der Waals surface area contributed by atoms with Crippen molar-refractivity contribution in [3.8, 4) is 12.1 Å². The maximum absolute atomic E-state index is 9.03. The van der Waals surface area contributed by atoms with Gasteiger partial charge in [0.2, 0.25) is 0 Å². The second kappa shape index (κ2) is 4.54. The Labute approximate surface area is 107 Å². The highest BCUT2D eigenvalue weighted by molar-refractivity contribution is 7.15. The molecule has 2 aromatic heterocycles. The lowest BCUT2D eigenvalue weighted by atomic mass is 10.3. The first kappa shape index (κ1) is 11.6. The molecule has 0 radical (unpaired) electrons. The molecule has 0 aliphatic heterocycles. The van der Waals surface area contributed by atoms with E-state index in [4.69, 9.17) is 22.1 Å². The van der Waals surface area contributed by atoms with Gasteiger partial charge in [0.05, 0.1) is 6.54 Å². The maximum Gasteiger partial charge on any atom is 0.183 e. The summed E-state index contributed by atoms with van der Waals surface area (Å²) < 4.78 is 2.14. The van der Waals surface area contributed by atoms with Gasteiger partial charge in [-0.15, -0.1) is 11.3 Å². The average Bonchev–Trinajstić information content (AvgIpc) is 2.84. The number of thiazole rings is 1. The Kier molecular flexibility index (Phi) is 3.10. The van der Waals surface area contributed by atoms with E-state index in [0.717, 1.165) is 4.88 Å². The molecule has 0 saturated heterocycles. The van der Waals surface area contributed by atoms with Gasteiger partial charge in [0.15, 0.2) is 15.9 Å². The molecule has 0 atom stereocenters. The molecule has 2 heterocycles. The zero-order valence-corrected chi connectivity index (χ0v) is 10.4. The standard InChI is InChI=1S/C10H6ClN5S/c1-6-15-8(2-12)9(3-13)16(6)5-7-4-14-10(11)17-7/h4H,5H2,1H3. The average molecular weight is 264 g/mol. The molecule has 0 N–H and O–H groups in total. The lowest BCUT2D eigenvalue weighted by Crippen LogP contribution is -2.03. The highest BCUT2D eigenvalue weighted by atomic mass is 35.5. The predicted molar refractivity (Wildman–Crippen MR) is 62.6 cm³/mol. The van der Waals surface area contributed by atoms with Crippen LogP contribution >= 0.6 is 22.9 Å². The molecule has 0 fully saturated rings. The Balaban J connectivity index is 2.43. The Morgan fingerprint density at radius 3 is 2.76 bits per heavy atom. The van der Waals surface area contributed by atoms with Crippen LogP contribution in [0, 0.1) is 29.6 Å². The van der Waals surface area contributed by atoms with Crippen LogP contribution < -0.4 is 0 Å². The van der Waals surface area contributed by atoms with Crippen molar-refractivity contribution in [2.24, 2.45) is 0 Å². The van der Waals surface area contributed by atoms with E-state index in [2.05, 4.69) is 9.97 Å². The van der Waals surface area contributed by atoms with Crippen LogP contribution in [0.25, 0.3) is 0 Å². The zero-order valence-electron chi connectivity index (χ0n) is 8.81. The number of hydrogen-bond donors (Lipinski definition) is 0. The number of aryl methyl sites for hydroxylation is 1. The van der Waals surface area contributed by atoms with Crippen LogP contribution in [0.15, 0.2) is 6.20 Å². The normalized spacial score (nSPS) is 9.88. The van der Waals surface area contributed by atoms with E-state index in [-0.39, 0.29) is 11.4 Å². The number of nitriles is 2. The Bertz CT molecular complexity index is 643. The molecule has 0 aromatic carbocycles. The first-order valence-electron chi connectivity index (χ1n) is 4.63. The second-order valence-electron chi connectivity index (χ2n) is 3.25. The SMILES string of the molecule is Cc1nc(C#N)c(C#N)n1Cc1cnc(Cl)s1. The summed E-state index contributed by atoms with van der Waals surface area (Å²) in [6, 6.07) is 3.90. The number of nitrogens with zero attached hydrogens (tertiary/aromatic N) is 5. The first-order chi connectivity index (χ1) is 8.15. The smallest absolute Gasteiger partial charge is 0.183 e. The molecule has 0 unspecified atom stereocenters. The van der Waals surface area contributed by atoms with Crippen molar-refractivity contribution in [1.29, 1.82) is 10.5 Å². The molecule has 2 aromatic rings. The van der Waals surface area contributed by atoms with E-state index in [1.54, 1.807) is 17.7 Å². The lowest BCUT2D eigenvalue weighted by molar-refractivity contribution is 0.760. The molecular formula is C10H6ClN5S. The monoisotopic (exact) mass is 263 g/mol. The minimum absolute atomic E-state index is 0.153. The van der Waals surface area contributed by atoms with E-state index >= 15 is 0 Å². The van der Waals surface area contributed by atoms with Gasteiger partial charge in [0.1, 0.15) is 18.0 Å². The molecule has 0 aliphatic carbocycles. The van der Waals surface area contributed by atoms with Gasteiger partial charge in [-0.2, -0.15) is 10.5 Å². The summed E-state index contributed by atoms with van der Waals surface area (Å²) in [6.45, 7) is 2.21. The third-order valence-corrected chi connectivity index (χ3v) is 3.31. The van der Waals surface area contributed by atoms with Crippen LogP contribution in [-0.4, -0.2) is 14.5 Å². The van der Waals surface area contributed by atoms with Crippen LogP contribution in [0.2, 0.25) is 4.47 Å². The van der Waals surface area contributed by atoms with Crippen LogP contribution in [-0.2, 0) is 6.54 Å². The lowest BCUT2D eigenvalue weighted by Gasteiger charge is -2.02. The third-order valence-electron chi connectivity index (χ3n) is 2.21. The Hall–Kier alpha value is -1.89. The minimum atomic E-state index is 0.153. The fraction of sp³-hybridized carbons (Fsp3) is 0.200. The van der Waals surface area contributed by atoms with Gasteiger partial charge in [-0.25, -0.2) is 9.97 Å². The fourth-order valence-corrected chi connectivity index (χ4v) is 2.43. The highest BCUT2D eigenvalue weighted by Gasteiger charge is 2.15. The van der Waals surface area contributed by atoms with Crippen molar-refractivity contribution >= 4 is 22.9 Å². The van der Waals surface area contributed by atoms with Crippen molar-refractivity contribution in [3.05, 3.63) is 32.8 Å². The molecule has 17 heavy (non-hydrogen) atoms. The fourth-order valence-electron chi connectivity index (χ4n) is 1.46. The maximum atomic E-state index is 9.03. The van der Waals surface area contributed by atoms with E-state index in [1.165, 1.54) is 11.3 Å². The van der Waals surface area contributed by atoms with Crippen molar-refractivity contribution in [2.45, 2.75) is 13.5 Å². The first-order valence-corrected chi connectivity index (χ1v) is 5.82. The van der Waals surface area contributed by atoms with Gasteiger partial charge in [0, 0.05) is 11.1 Å². The quantitative estimate of drug-likeness (QED) is 0.831. The summed E-state index contributed by atoms with van der Waals surface area (Å²) in [5, 5.41) is 17.9. The van der Waals surface area contributed by atoms with Gasteiger partial charge < -0.3 is 4.57 Å². The Morgan fingerprint density at radius 2 is 2.24 bits per heavy atom. The summed E-state index contributed by atoms with van der Waals surface area (Å²) in [7, 11) is 0. The number of halogens is 1. The van der Waals surface area contributed by atoms with E-state index in [9.17, 15) is 0 Å². The van der Waals surface area contributed by atoms with Crippen molar-refractivity contribution in [2.75, 3.05) is 0 Å². The summed E-state index contributed by atoms with van der Waals surface area (Å²) >= 11 is 7.08. The van der Waals surface area contributed by atoms with Gasteiger partial charge in [-0.05, 0) is 6.92 Å². The minimum Gasteiger partial charge on any atom is -0.314 e. The number of imidazole rings is 1. The Morgan fingerprint density at radius 1 is 1.47 bits per heavy atom. The molecule has 0 saturated carbocycles. The van der Waals surface area contributed by atoms with Gasteiger partial charge in [-0.3, -0.25) is 0 Å². The van der Waals surface area contributed by atoms with Crippen molar-refractivity contribution in [3.63, 3.8) is 0 Å². The van der Waals surface area contributed by atoms with E-state index in [1.807, 2.05) is 12.1 Å². The molecule has 0 bridgehead atoms. The molecule has 0 spiro atoms. The van der Waals surface area contributed by atoms with Gasteiger partial charge in [-0.1, -0.05) is 11.6 Å². The van der Waals surface area contributed by atoms with Crippen molar-refractivity contribution in [1.82, 2.24) is 14.5 Å². The topological polar surface area (TPSA) is 78.3 Å². The largest absolute Gasteiger partial charge is 0.314 e. The summed E-state index contributed by atoms with van der Waals surface area (Å²) in [6.07, 6.45) is 1.65. The zero-order chi connectivity index (χ0) is 12.4. The summed E-state index contributed by atoms with van der Waals surface area (Å²) in [4.78, 5) is 8.87. The summed E-state index contributed by atoms with van der Waals surface area (Å²) in [5.74, 6) is 0.627. The summed E-state index contributed by atoms with van der Waals surface area (Å²) in [5.41, 5.74) is 0.426. The van der Waals surface area contributed by atoms with E-state index < -0.39 is 0 Å². The molecule has 0 amide bonds. The van der Waals surface area contributed by atoms with Crippen LogP contribution in [0.5, 0.6) is 0 Å². The second-order valence-corrected chi connectivity index (χ2v) is 4.94. The number of aromatic nitrogens is 3. The van der Waals surface area contributed by atoms with Gasteiger partial charge in [0.25, 0.3) is 0 Å². The van der Waals surface area contributed by atoms with Crippen LogP contribution in [0.3, 0.4) is 0 Å².